The topological polar surface area (TPSA) is 29.1 Å². The average molecular weight is 277 g/mol. The zero-order valence-electron chi connectivity index (χ0n) is 10.6. The molecule has 0 saturated heterocycles. The molecule has 1 saturated carbocycles. The largest absolute Gasteiger partial charge is 0.349 e. The van der Waals surface area contributed by atoms with E-state index in [1.807, 2.05) is 6.07 Å². The third-order valence-electron chi connectivity index (χ3n) is 3.67. The molecule has 2 nitrogen and oxygen atoms in total. The number of carbonyl (C=O) groups is 1. The molecule has 1 aliphatic carbocycles. The first-order valence-electron chi connectivity index (χ1n) is 6.73. The molecule has 0 aliphatic heterocycles. The fraction of sp³-hybridized carbons (Fsp3) is 0.400. The lowest BCUT2D eigenvalue weighted by Crippen LogP contribution is -2.35. The summed E-state index contributed by atoms with van der Waals surface area (Å²) in [6, 6.07) is 6.90. The molecule has 3 rings (SSSR count). The minimum absolute atomic E-state index is 0.0625. The Kier molecular flexibility index (Phi) is 3.51. The van der Waals surface area contributed by atoms with Gasteiger partial charge in [-0.25, -0.2) is 4.39 Å². The molecule has 1 N–H and O–H groups in total. The number of carbonyl (C=O) groups excluding carboxylic acids is 1. The number of fused-ring (bicyclic) bond motifs is 1. The molecule has 100 valence electrons. The van der Waals surface area contributed by atoms with Crippen molar-refractivity contribution in [2.24, 2.45) is 0 Å². The van der Waals surface area contributed by atoms with Crippen LogP contribution in [0, 0.1) is 5.82 Å². The fourth-order valence-corrected chi connectivity index (χ4v) is 3.62. The summed E-state index contributed by atoms with van der Waals surface area (Å²) in [7, 11) is 0. The maximum Gasteiger partial charge on any atom is 0.261 e. The smallest absolute Gasteiger partial charge is 0.261 e. The van der Waals surface area contributed by atoms with Gasteiger partial charge in [-0.05, 0) is 31.0 Å². The molecule has 1 heterocycles. The zero-order valence-corrected chi connectivity index (χ0v) is 11.4. The van der Waals surface area contributed by atoms with Gasteiger partial charge in [0.05, 0.1) is 4.88 Å². The van der Waals surface area contributed by atoms with E-state index in [0.717, 1.165) is 17.5 Å². The number of hydrogen-bond donors (Lipinski definition) is 1. The molecule has 1 fully saturated rings. The van der Waals surface area contributed by atoms with Crippen molar-refractivity contribution in [1.82, 2.24) is 5.32 Å². The van der Waals surface area contributed by atoms with E-state index < -0.39 is 0 Å². The minimum atomic E-state index is -0.259. The number of thiophene rings is 1. The van der Waals surface area contributed by atoms with Crippen LogP contribution in [0.4, 0.5) is 4.39 Å². The number of hydrogen-bond acceptors (Lipinski definition) is 2. The first-order valence-corrected chi connectivity index (χ1v) is 7.54. The number of benzene rings is 1. The Hall–Kier alpha value is -1.42. The zero-order chi connectivity index (χ0) is 13.2. The van der Waals surface area contributed by atoms with Crippen LogP contribution < -0.4 is 5.32 Å². The van der Waals surface area contributed by atoms with Crippen molar-refractivity contribution < 1.29 is 9.18 Å². The van der Waals surface area contributed by atoms with Crippen LogP contribution in [0.3, 0.4) is 0 Å². The second-order valence-corrected chi connectivity index (χ2v) is 6.15. The summed E-state index contributed by atoms with van der Waals surface area (Å²) >= 11 is 1.36. The van der Waals surface area contributed by atoms with Crippen LogP contribution in [0.25, 0.3) is 10.1 Å². The Morgan fingerprint density at radius 3 is 2.79 bits per heavy atom. The highest BCUT2D eigenvalue weighted by Gasteiger charge is 2.18. The summed E-state index contributed by atoms with van der Waals surface area (Å²) in [6.07, 6.45) is 5.76. The van der Waals surface area contributed by atoms with Crippen LogP contribution in [0.5, 0.6) is 0 Å². The molecule has 0 atom stereocenters. The van der Waals surface area contributed by atoms with Crippen LogP contribution >= 0.6 is 11.3 Å². The van der Waals surface area contributed by atoms with E-state index in [0.29, 0.717) is 10.3 Å². The molecule has 0 radical (unpaired) electrons. The van der Waals surface area contributed by atoms with Gasteiger partial charge in [-0.15, -0.1) is 11.3 Å². The monoisotopic (exact) mass is 277 g/mol. The van der Waals surface area contributed by atoms with E-state index in [1.165, 1.54) is 36.7 Å². The van der Waals surface area contributed by atoms with Crippen molar-refractivity contribution in [2.45, 2.75) is 38.1 Å². The van der Waals surface area contributed by atoms with Gasteiger partial charge in [0.1, 0.15) is 5.82 Å². The molecule has 2 aromatic rings. The van der Waals surface area contributed by atoms with E-state index in [9.17, 15) is 9.18 Å². The number of amides is 1. The summed E-state index contributed by atoms with van der Waals surface area (Å²) in [5.74, 6) is -0.321. The van der Waals surface area contributed by atoms with Crippen molar-refractivity contribution in [3.05, 3.63) is 35.0 Å². The first-order chi connectivity index (χ1) is 9.24. The molecule has 0 bridgehead atoms. The molecule has 1 amide bonds. The molecule has 1 aromatic heterocycles. The standard InChI is InChI=1S/C15H16FNOS/c16-12-7-4-8-13-11(12)9-14(19-13)15(18)17-10-5-2-1-3-6-10/h4,7-10H,1-3,5-6H2,(H,17,18). The summed E-state index contributed by atoms with van der Waals surface area (Å²) < 4.78 is 14.4. The highest BCUT2D eigenvalue weighted by atomic mass is 32.1. The van der Waals surface area contributed by atoms with Gasteiger partial charge in [0.2, 0.25) is 0 Å². The second-order valence-electron chi connectivity index (χ2n) is 5.07. The van der Waals surface area contributed by atoms with Gasteiger partial charge in [-0.1, -0.05) is 25.3 Å². The van der Waals surface area contributed by atoms with Crippen LogP contribution in [0.2, 0.25) is 0 Å². The van der Waals surface area contributed by atoms with Gasteiger partial charge >= 0.3 is 0 Å². The molecular weight excluding hydrogens is 261 g/mol. The van der Waals surface area contributed by atoms with E-state index in [1.54, 1.807) is 12.1 Å². The second kappa shape index (κ2) is 5.29. The first kappa shape index (κ1) is 12.6. The van der Waals surface area contributed by atoms with Gasteiger partial charge in [0.25, 0.3) is 5.91 Å². The lowest BCUT2D eigenvalue weighted by atomic mass is 9.95. The third kappa shape index (κ3) is 2.63. The van der Waals surface area contributed by atoms with Gasteiger partial charge < -0.3 is 5.32 Å². The molecule has 19 heavy (non-hydrogen) atoms. The Morgan fingerprint density at radius 1 is 1.26 bits per heavy atom. The van der Waals surface area contributed by atoms with Gasteiger partial charge in [-0.3, -0.25) is 4.79 Å². The number of nitrogens with one attached hydrogen (secondary N) is 1. The molecule has 1 aromatic carbocycles. The molecule has 0 unspecified atom stereocenters. The number of halogens is 1. The Bertz CT molecular complexity index is 601. The molecular formula is C15H16FNOS. The Labute approximate surface area is 115 Å². The highest BCUT2D eigenvalue weighted by Crippen LogP contribution is 2.28. The molecule has 0 spiro atoms. The predicted octanol–water partition coefficient (Wildman–Crippen LogP) is 4.10. The maximum atomic E-state index is 13.6. The highest BCUT2D eigenvalue weighted by molar-refractivity contribution is 7.20. The Balaban J connectivity index is 1.79. The summed E-state index contributed by atoms with van der Waals surface area (Å²) in [4.78, 5) is 12.8. The third-order valence-corrected chi connectivity index (χ3v) is 4.77. The Morgan fingerprint density at radius 2 is 2.05 bits per heavy atom. The average Bonchev–Trinajstić information content (AvgIpc) is 2.85. The predicted molar refractivity (Wildman–Crippen MR) is 76.1 cm³/mol. The van der Waals surface area contributed by atoms with E-state index in [4.69, 9.17) is 0 Å². The van der Waals surface area contributed by atoms with Crippen LogP contribution in [0.15, 0.2) is 24.3 Å². The normalized spacial score (nSPS) is 16.7. The van der Waals surface area contributed by atoms with Crippen molar-refractivity contribution in [3.8, 4) is 0 Å². The van der Waals surface area contributed by atoms with Gasteiger partial charge in [0.15, 0.2) is 0 Å². The lowest BCUT2D eigenvalue weighted by Gasteiger charge is -2.22. The van der Waals surface area contributed by atoms with Crippen molar-refractivity contribution >= 4 is 27.3 Å². The summed E-state index contributed by atoms with van der Waals surface area (Å²) in [5.41, 5.74) is 0. The fourth-order valence-electron chi connectivity index (χ4n) is 2.64. The van der Waals surface area contributed by atoms with E-state index in [2.05, 4.69) is 5.32 Å². The van der Waals surface area contributed by atoms with E-state index in [-0.39, 0.29) is 17.8 Å². The van der Waals surface area contributed by atoms with Crippen molar-refractivity contribution in [1.29, 1.82) is 0 Å². The maximum absolute atomic E-state index is 13.6. The lowest BCUT2D eigenvalue weighted by molar-refractivity contribution is 0.0932. The van der Waals surface area contributed by atoms with Gasteiger partial charge in [-0.2, -0.15) is 0 Å². The summed E-state index contributed by atoms with van der Waals surface area (Å²) in [5, 5.41) is 3.61. The van der Waals surface area contributed by atoms with Crippen LogP contribution in [-0.4, -0.2) is 11.9 Å². The van der Waals surface area contributed by atoms with Crippen molar-refractivity contribution in [2.75, 3.05) is 0 Å². The quantitative estimate of drug-likeness (QED) is 0.879. The van der Waals surface area contributed by atoms with Crippen LogP contribution in [-0.2, 0) is 0 Å². The van der Waals surface area contributed by atoms with Crippen molar-refractivity contribution in [3.63, 3.8) is 0 Å². The van der Waals surface area contributed by atoms with Crippen LogP contribution in [0.1, 0.15) is 41.8 Å². The SMILES string of the molecule is O=C(NC1CCCCC1)c1cc2c(F)cccc2s1. The van der Waals surface area contributed by atoms with E-state index >= 15 is 0 Å². The van der Waals surface area contributed by atoms with Gasteiger partial charge in [0, 0.05) is 16.1 Å². The summed E-state index contributed by atoms with van der Waals surface area (Å²) in [6.45, 7) is 0. The molecule has 1 aliphatic rings. The molecule has 4 heteroatoms. The number of rotatable bonds is 2. The minimum Gasteiger partial charge on any atom is -0.349 e.